The first-order valence-electron chi connectivity index (χ1n) is 6.02. The van der Waals surface area contributed by atoms with Crippen LogP contribution in [0, 0.1) is 10.1 Å². The number of benzene rings is 1. The van der Waals surface area contributed by atoms with Gasteiger partial charge in [-0.1, -0.05) is 11.6 Å². The van der Waals surface area contributed by atoms with Crippen molar-refractivity contribution in [2.75, 3.05) is 6.54 Å². The summed E-state index contributed by atoms with van der Waals surface area (Å²) in [6, 6.07) is 2.52. The summed E-state index contributed by atoms with van der Waals surface area (Å²) in [4.78, 5) is 22.1. The van der Waals surface area contributed by atoms with E-state index in [-0.39, 0.29) is 23.8 Å². The Hall–Kier alpha value is -1.83. The van der Waals surface area contributed by atoms with Crippen LogP contribution in [-0.4, -0.2) is 28.5 Å². The molecule has 0 bridgehead atoms. The first-order valence-corrected chi connectivity index (χ1v) is 6.39. The van der Waals surface area contributed by atoms with Crippen LogP contribution in [0.5, 0.6) is 0 Å². The molecule has 1 aliphatic rings. The van der Waals surface area contributed by atoms with Crippen molar-refractivity contribution in [1.82, 2.24) is 4.90 Å². The monoisotopic (exact) mass is 322 g/mol. The molecule has 1 aliphatic heterocycles. The lowest BCUT2D eigenvalue weighted by Crippen LogP contribution is -2.40. The SMILES string of the molecule is O=C(N1CCCc2cc([N+](=O)[O-])c(Cl)cc2C1)C(F)(F)F. The van der Waals surface area contributed by atoms with E-state index in [9.17, 15) is 28.1 Å². The zero-order chi connectivity index (χ0) is 15.8. The number of aryl methyl sites for hydroxylation is 1. The van der Waals surface area contributed by atoms with Crippen LogP contribution >= 0.6 is 11.6 Å². The van der Waals surface area contributed by atoms with Crippen molar-refractivity contribution in [2.24, 2.45) is 0 Å². The molecule has 1 amide bonds. The van der Waals surface area contributed by atoms with Crippen molar-refractivity contribution in [3.63, 3.8) is 0 Å². The Morgan fingerprint density at radius 2 is 2.00 bits per heavy atom. The third-order valence-electron chi connectivity index (χ3n) is 3.23. The average Bonchev–Trinajstić information content (AvgIpc) is 2.57. The van der Waals surface area contributed by atoms with Crippen molar-refractivity contribution in [2.45, 2.75) is 25.6 Å². The Labute approximate surface area is 122 Å². The Kier molecular flexibility index (Phi) is 4.08. The summed E-state index contributed by atoms with van der Waals surface area (Å²) < 4.78 is 37.5. The third-order valence-corrected chi connectivity index (χ3v) is 3.53. The lowest BCUT2D eigenvalue weighted by Gasteiger charge is -2.22. The molecule has 114 valence electrons. The zero-order valence-electron chi connectivity index (χ0n) is 10.6. The second-order valence-corrected chi connectivity index (χ2v) is 5.06. The molecule has 0 saturated heterocycles. The summed E-state index contributed by atoms with van der Waals surface area (Å²) >= 11 is 5.76. The van der Waals surface area contributed by atoms with E-state index in [1.807, 2.05) is 0 Å². The molecule has 2 rings (SSSR count). The quantitative estimate of drug-likeness (QED) is 0.589. The molecule has 0 unspecified atom stereocenters. The lowest BCUT2D eigenvalue weighted by molar-refractivity contribution is -0.384. The standard InChI is InChI=1S/C12H10ClF3N2O3/c13-9-4-8-6-17(11(19)12(14,15)16)3-1-2-7(8)5-10(9)18(20)21/h4-5H,1-3,6H2. The largest absolute Gasteiger partial charge is 0.471 e. The van der Waals surface area contributed by atoms with Crippen molar-refractivity contribution < 1.29 is 22.9 Å². The van der Waals surface area contributed by atoms with Gasteiger partial charge in [0.05, 0.1) is 4.92 Å². The first-order chi connectivity index (χ1) is 9.70. The molecule has 0 radical (unpaired) electrons. The van der Waals surface area contributed by atoms with E-state index in [0.29, 0.717) is 28.9 Å². The predicted octanol–water partition coefficient (Wildman–Crippen LogP) is 3.09. The highest BCUT2D eigenvalue weighted by atomic mass is 35.5. The highest BCUT2D eigenvalue weighted by molar-refractivity contribution is 6.32. The van der Waals surface area contributed by atoms with Crippen LogP contribution in [-0.2, 0) is 17.8 Å². The number of carbonyl (C=O) groups excluding carboxylic acids is 1. The van der Waals surface area contributed by atoms with Crippen molar-refractivity contribution in [3.05, 3.63) is 38.4 Å². The lowest BCUT2D eigenvalue weighted by atomic mass is 10.0. The first kappa shape index (κ1) is 15.6. The summed E-state index contributed by atoms with van der Waals surface area (Å²) in [5, 5.41) is 10.7. The van der Waals surface area contributed by atoms with Gasteiger partial charge in [-0.05, 0) is 30.0 Å². The zero-order valence-corrected chi connectivity index (χ0v) is 11.4. The van der Waals surface area contributed by atoms with E-state index in [2.05, 4.69) is 0 Å². The van der Waals surface area contributed by atoms with E-state index in [1.165, 1.54) is 12.1 Å². The summed E-state index contributed by atoms with van der Waals surface area (Å²) in [5.41, 5.74) is 0.662. The average molecular weight is 323 g/mol. The molecule has 1 aromatic carbocycles. The Balaban J connectivity index is 2.35. The van der Waals surface area contributed by atoms with E-state index in [1.54, 1.807) is 0 Å². The number of hydrogen-bond donors (Lipinski definition) is 0. The Bertz CT molecular complexity index is 604. The minimum atomic E-state index is -4.94. The normalized spacial score (nSPS) is 15.3. The molecule has 1 heterocycles. The molecular formula is C12H10ClF3N2O3. The molecule has 0 aromatic heterocycles. The second-order valence-electron chi connectivity index (χ2n) is 4.66. The maximum atomic E-state index is 12.5. The third kappa shape index (κ3) is 3.26. The van der Waals surface area contributed by atoms with Crippen LogP contribution in [0.15, 0.2) is 12.1 Å². The van der Waals surface area contributed by atoms with Crippen molar-refractivity contribution in [1.29, 1.82) is 0 Å². The van der Waals surface area contributed by atoms with Gasteiger partial charge in [-0.25, -0.2) is 0 Å². The van der Waals surface area contributed by atoms with Crippen LogP contribution < -0.4 is 0 Å². The summed E-state index contributed by atoms with van der Waals surface area (Å²) in [6.45, 7) is -0.316. The minimum absolute atomic E-state index is 0.0571. The van der Waals surface area contributed by atoms with Crippen molar-refractivity contribution in [3.8, 4) is 0 Å². The van der Waals surface area contributed by atoms with E-state index in [0.717, 1.165) is 0 Å². The number of amides is 1. The highest BCUT2D eigenvalue weighted by Gasteiger charge is 2.42. The molecule has 1 aromatic rings. The number of nitrogens with zero attached hydrogens (tertiary/aromatic N) is 2. The van der Waals surface area contributed by atoms with Gasteiger partial charge < -0.3 is 4.90 Å². The Morgan fingerprint density at radius 1 is 1.33 bits per heavy atom. The fourth-order valence-corrected chi connectivity index (χ4v) is 2.52. The van der Waals surface area contributed by atoms with Crippen molar-refractivity contribution >= 4 is 23.2 Å². The summed E-state index contributed by atoms with van der Waals surface area (Å²) in [7, 11) is 0. The van der Waals surface area contributed by atoms with Gasteiger partial charge in [0.25, 0.3) is 5.69 Å². The van der Waals surface area contributed by atoms with Gasteiger partial charge in [-0.15, -0.1) is 0 Å². The van der Waals surface area contributed by atoms with Crippen LogP contribution in [0.2, 0.25) is 5.02 Å². The number of alkyl halides is 3. The van der Waals surface area contributed by atoms with Crippen LogP contribution in [0.25, 0.3) is 0 Å². The van der Waals surface area contributed by atoms with E-state index >= 15 is 0 Å². The van der Waals surface area contributed by atoms with Crippen LogP contribution in [0.1, 0.15) is 17.5 Å². The van der Waals surface area contributed by atoms with Gasteiger partial charge in [-0.3, -0.25) is 14.9 Å². The van der Waals surface area contributed by atoms with Gasteiger partial charge in [0.1, 0.15) is 5.02 Å². The molecule has 5 nitrogen and oxygen atoms in total. The van der Waals surface area contributed by atoms with Gasteiger partial charge in [0, 0.05) is 19.2 Å². The number of rotatable bonds is 1. The second kappa shape index (κ2) is 5.51. The fraction of sp³-hybridized carbons (Fsp3) is 0.417. The molecule has 0 spiro atoms. The topological polar surface area (TPSA) is 63.5 Å². The minimum Gasteiger partial charge on any atom is -0.331 e. The molecule has 0 saturated carbocycles. The van der Waals surface area contributed by atoms with Gasteiger partial charge >= 0.3 is 12.1 Å². The molecular weight excluding hydrogens is 313 g/mol. The predicted molar refractivity (Wildman–Crippen MR) is 67.9 cm³/mol. The molecule has 21 heavy (non-hydrogen) atoms. The molecule has 9 heteroatoms. The number of carbonyl (C=O) groups is 1. The summed E-state index contributed by atoms with van der Waals surface area (Å²) in [5.74, 6) is -1.91. The van der Waals surface area contributed by atoms with E-state index < -0.39 is 17.0 Å². The maximum absolute atomic E-state index is 12.5. The fourth-order valence-electron chi connectivity index (χ4n) is 2.26. The summed E-state index contributed by atoms with van der Waals surface area (Å²) in [6.07, 6.45) is -4.28. The van der Waals surface area contributed by atoms with Gasteiger partial charge in [0.15, 0.2) is 0 Å². The number of nitro benzene ring substituents is 1. The number of hydrogen-bond acceptors (Lipinski definition) is 3. The molecule has 0 N–H and O–H groups in total. The van der Waals surface area contributed by atoms with Gasteiger partial charge in [-0.2, -0.15) is 13.2 Å². The Morgan fingerprint density at radius 3 is 2.57 bits per heavy atom. The smallest absolute Gasteiger partial charge is 0.331 e. The number of nitro groups is 1. The van der Waals surface area contributed by atoms with Crippen LogP contribution in [0.4, 0.5) is 18.9 Å². The van der Waals surface area contributed by atoms with Gasteiger partial charge in [0.2, 0.25) is 0 Å². The highest BCUT2D eigenvalue weighted by Crippen LogP contribution is 2.32. The maximum Gasteiger partial charge on any atom is 0.471 e. The van der Waals surface area contributed by atoms with E-state index in [4.69, 9.17) is 11.6 Å². The molecule has 0 fully saturated rings. The van der Waals surface area contributed by atoms with Crippen LogP contribution in [0.3, 0.4) is 0 Å². The number of fused-ring (bicyclic) bond motifs is 1. The molecule has 0 aliphatic carbocycles. The molecule has 0 atom stereocenters. The number of halogens is 4.